The minimum absolute atomic E-state index is 0.145. The minimum Gasteiger partial charge on any atom is -0.450 e. The smallest absolute Gasteiger partial charge is 0.410 e. The van der Waals surface area contributed by atoms with Gasteiger partial charge < -0.3 is 20.3 Å². The number of nitrogens with zero attached hydrogens (tertiary/aromatic N) is 2. The number of fused-ring (bicyclic) bond motifs is 1. The van der Waals surface area contributed by atoms with Crippen molar-refractivity contribution in [1.29, 1.82) is 0 Å². The molecule has 0 radical (unpaired) electrons. The topological polar surface area (TPSA) is 125 Å². The van der Waals surface area contributed by atoms with Gasteiger partial charge in [-0.2, -0.15) is 4.31 Å². The number of benzene rings is 1. The third-order valence-electron chi connectivity index (χ3n) is 6.85. The first-order chi connectivity index (χ1) is 18.0. The molecule has 38 heavy (non-hydrogen) atoms. The normalized spacial score (nSPS) is 19.9. The van der Waals surface area contributed by atoms with E-state index in [0.717, 1.165) is 16.9 Å². The molecule has 0 bridgehead atoms. The maximum absolute atomic E-state index is 13.2. The Morgan fingerprint density at radius 2 is 1.74 bits per heavy atom. The van der Waals surface area contributed by atoms with E-state index in [4.69, 9.17) is 4.74 Å². The molecule has 3 heterocycles. The Hall–Kier alpha value is -2.96. The predicted molar refractivity (Wildman–Crippen MR) is 145 cm³/mol. The van der Waals surface area contributed by atoms with Crippen molar-refractivity contribution >= 4 is 44.3 Å². The number of rotatable bonds is 6. The molecule has 10 nitrogen and oxygen atoms in total. The second-order valence-electron chi connectivity index (χ2n) is 9.90. The van der Waals surface area contributed by atoms with Crippen molar-refractivity contribution in [3.8, 4) is 0 Å². The van der Waals surface area contributed by atoms with Crippen molar-refractivity contribution < 1.29 is 27.5 Å². The van der Waals surface area contributed by atoms with Crippen molar-refractivity contribution in [1.82, 2.24) is 14.5 Å². The lowest BCUT2D eigenvalue weighted by Crippen LogP contribution is -2.42. The van der Waals surface area contributed by atoms with E-state index in [2.05, 4.69) is 24.5 Å². The number of amides is 3. The van der Waals surface area contributed by atoms with Crippen molar-refractivity contribution in [3.63, 3.8) is 0 Å². The van der Waals surface area contributed by atoms with Gasteiger partial charge in [-0.25, -0.2) is 13.2 Å². The minimum atomic E-state index is -3.66. The summed E-state index contributed by atoms with van der Waals surface area (Å²) in [7, 11) is -2.14. The van der Waals surface area contributed by atoms with Gasteiger partial charge in [0.05, 0.1) is 23.6 Å². The van der Waals surface area contributed by atoms with E-state index in [9.17, 15) is 22.8 Å². The molecule has 2 N–H and O–H groups in total. The van der Waals surface area contributed by atoms with Crippen LogP contribution in [0, 0.1) is 11.8 Å². The molecule has 0 saturated carbocycles. The zero-order valence-electron chi connectivity index (χ0n) is 22.1. The summed E-state index contributed by atoms with van der Waals surface area (Å²) in [5, 5.41) is 5.84. The fourth-order valence-electron chi connectivity index (χ4n) is 5.13. The average Bonchev–Trinajstić information content (AvgIpc) is 3.24. The summed E-state index contributed by atoms with van der Waals surface area (Å²) in [6.45, 7) is 7.77. The summed E-state index contributed by atoms with van der Waals surface area (Å²) in [6, 6.07) is 5.86. The highest BCUT2D eigenvalue weighted by Gasteiger charge is 2.33. The van der Waals surface area contributed by atoms with Crippen LogP contribution in [0.5, 0.6) is 0 Å². The molecular weight excluding hydrogens is 528 g/mol. The lowest BCUT2D eigenvalue weighted by molar-refractivity contribution is 0.0961. The third-order valence-corrected chi connectivity index (χ3v) is 9.83. The van der Waals surface area contributed by atoms with Gasteiger partial charge in [0.1, 0.15) is 5.00 Å². The van der Waals surface area contributed by atoms with Gasteiger partial charge in [-0.3, -0.25) is 9.59 Å². The fourth-order valence-corrected chi connectivity index (χ4v) is 8.07. The Labute approximate surface area is 227 Å². The van der Waals surface area contributed by atoms with Crippen LogP contribution in [-0.4, -0.2) is 68.8 Å². The first-order valence-electron chi connectivity index (χ1n) is 12.7. The number of nitrogens with one attached hydrogen (secondary N) is 2. The maximum Gasteiger partial charge on any atom is 0.410 e. The highest BCUT2D eigenvalue weighted by molar-refractivity contribution is 7.89. The van der Waals surface area contributed by atoms with Crippen LogP contribution in [0.15, 0.2) is 29.2 Å². The SMILES string of the molecule is CCOC(=O)N1CCc2c(sc(NC(=O)c3ccc(S(=O)(=O)N4C[C@H](C)C[C@H](C)C4)cc3)c2C(=O)NC)C1. The van der Waals surface area contributed by atoms with Crippen molar-refractivity contribution in [2.24, 2.45) is 11.8 Å². The number of piperidine rings is 1. The van der Waals surface area contributed by atoms with Crippen LogP contribution in [0.1, 0.15) is 58.3 Å². The van der Waals surface area contributed by atoms with Gasteiger partial charge in [0.25, 0.3) is 11.8 Å². The van der Waals surface area contributed by atoms with Crippen LogP contribution >= 0.6 is 11.3 Å². The van der Waals surface area contributed by atoms with E-state index < -0.39 is 22.0 Å². The van der Waals surface area contributed by atoms with Crippen molar-refractivity contribution in [2.75, 3.05) is 38.6 Å². The molecule has 1 fully saturated rings. The van der Waals surface area contributed by atoms with Crippen molar-refractivity contribution in [3.05, 3.63) is 45.8 Å². The first-order valence-corrected chi connectivity index (χ1v) is 15.0. The summed E-state index contributed by atoms with van der Waals surface area (Å²) < 4.78 is 33.0. The van der Waals surface area contributed by atoms with E-state index in [1.165, 1.54) is 47.0 Å². The Morgan fingerprint density at radius 3 is 2.34 bits per heavy atom. The Morgan fingerprint density at radius 1 is 1.08 bits per heavy atom. The van der Waals surface area contributed by atoms with Gasteiger partial charge in [-0.1, -0.05) is 13.8 Å². The average molecular weight is 563 g/mol. The van der Waals surface area contributed by atoms with E-state index in [1.54, 1.807) is 11.8 Å². The highest BCUT2D eigenvalue weighted by Crippen LogP contribution is 2.37. The van der Waals surface area contributed by atoms with Crippen LogP contribution < -0.4 is 10.6 Å². The predicted octanol–water partition coefficient (Wildman–Crippen LogP) is 3.54. The summed E-state index contributed by atoms with van der Waals surface area (Å²) in [5.74, 6) is -0.211. The fraction of sp³-hybridized carbons (Fsp3) is 0.500. The molecule has 4 rings (SSSR count). The molecule has 2 aliphatic rings. The van der Waals surface area contributed by atoms with Crippen LogP contribution in [0.3, 0.4) is 0 Å². The number of carbonyl (C=O) groups is 3. The molecule has 1 aromatic heterocycles. The van der Waals surface area contributed by atoms with Crippen LogP contribution in [0.4, 0.5) is 9.80 Å². The first kappa shape index (κ1) is 28.1. The van der Waals surface area contributed by atoms with Crippen LogP contribution in [-0.2, 0) is 27.7 Å². The summed E-state index contributed by atoms with van der Waals surface area (Å²) in [6.07, 6.45) is 1.04. The second kappa shape index (κ2) is 11.4. The van der Waals surface area contributed by atoms with E-state index in [1.807, 2.05) is 0 Å². The Balaban J connectivity index is 1.54. The Bertz CT molecular complexity index is 1310. The molecule has 206 valence electrons. The highest BCUT2D eigenvalue weighted by atomic mass is 32.2. The Kier molecular flexibility index (Phi) is 8.43. The molecule has 1 aromatic carbocycles. The van der Waals surface area contributed by atoms with Gasteiger partial charge in [-0.15, -0.1) is 11.3 Å². The third kappa shape index (κ3) is 5.71. The largest absolute Gasteiger partial charge is 0.450 e. The van der Waals surface area contributed by atoms with Gasteiger partial charge in [0, 0.05) is 37.1 Å². The number of thiophene rings is 1. The molecule has 1 saturated heterocycles. The van der Waals surface area contributed by atoms with Crippen LogP contribution in [0.25, 0.3) is 0 Å². The number of sulfonamides is 1. The number of anilines is 1. The van der Waals surface area contributed by atoms with E-state index >= 15 is 0 Å². The zero-order valence-corrected chi connectivity index (χ0v) is 23.7. The molecule has 2 aromatic rings. The zero-order chi connectivity index (χ0) is 27.6. The molecule has 0 unspecified atom stereocenters. The lowest BCUT2D eigenvalue weighted by Gasteiger charge is -2.34. The number of ether oxygens (including phenoxy) is 1. The molecule has 3 amide bonds. The molecule has 0 spiro atoms. The molecule has 0 aliphatic carbocycles. The number of hydrogen-bond acceptors (Lipinski definition) is 7. The van der Waals surface area contributed by atoms with Crippen LogP contribution in [0.2, 0.25) is 0 Å². The van der Waals surface area contributed by atoms with Gasteiger partial charge in [-0.05, 0) is 61.4 Å². The second-order valence-corrected chi connectivity index (χ2v) is 12.9. The summed E-state index contributed by atoms with van der Waals surface area (Å²) in [4.78, 5) is 40.6. The number of carbonyl (C=O) groups excluding carboxylic acids is 3. The number of hydrogen-bond donors (Lipinski definition) is 2. The quantitative estimate of drug-likeness (QED) is 0.555. The summed E-state index contributed by atoms with van der Waals surface area (Å²) in [5.41, 5.74) is 1.46. The molecule has 2 atom stereocenters. The van der Waals surface area contributed by atoms with Crippen molar-refractivity contribution in [2.45, 2.75) is 45.1 Å². The summed E-state index contributed by atoms with van der Waals surface area (Å²) >= 11 is 1.25. The van der Waals surface area contributed by atoms with E-state index in [0.29, 0.717) is 43.2 Å². The monoisotopic (exact) mass is 562 g/mol. The lowest BCUT2D eigenvalue weighted by atomic mass is 9.94. The maximum atomic E-state index is 13.2. The standard InChI is InChI=1S/C26H34N4O6S2/c1-5-36-26(33)29-11-10-20-21(15-29)37-25(22(20)24(32)27-4)28-23(31)18-6-8-19(9-7-18)38(34,35)30-13-16(2)12-17(3)14-30/h6-9,16-17H,5,10-15H2,1-4H3,(H,27,32)(H,28,31)/t16-,17+. The molecule has 2 aliphatic heterocycles. The molecule has 12 heteroatoms. The van der Waals surface area contributed by atoms with Gasteiger partial charge in [0.2, 0.25) is 10.0 Å². The molecular formula is C26H34N4O6S2. The van der Waals surface area contributed by atoms with Gasteiger partial charge in [0.15, 0.2) is 0 Å². The van der Waals surface area contributed by atoms with Gasteiger partial charge >= 0.3 is 6.09 Å². The van der Waals surface area contributed by atoms with E-state index in [-0.39, 0.29) is 34.8 Å².